The van der Waals surface area contributed by atoms with Crippen LogP contribution >= 0.6 is 0 Å². The van der Waals surface area contributed by atoms with Crippen LogP contribution < -0.4 is 9.47 Å². The van der Waals surface area contributed by atoms with Crippen molar-refractivity contribution in [3.63, 3.8) is 0 Å². The zero-order valence-electron chi connectivity index (χ0n) is 12.0. The number of hydrogen-bond donors (Lipinski definition) is 2. The van der Waals surface area contributed by atoms with Crippen molar-refractivity contribution in [1.29, 1.82) is 0 Å². The molecule has 0 aliphatic carbocycles. The minimum Gasteiger partial charge on any atom is -0.496 e. The smallest absolute Gasteiger partial charge is 0.339 e. The van der Waals surface area contributed by atoms with Crippen molar-refractivity contribution in [2.45, 2.75) is 0 Å². The average molecular weight is 302 g/mol. The Bertz CT molecular complexity index is 672. The molecule has 2 aromatic rings. The van der Waals surface area contributed by atoms with Gasteiger partial charge in [-0.1, -0.05) is 12.1 Å². The Morgan fingerprint density at radius 2 is 1.14 bits per heavy atom. The maximum atomic E-state index is 11.2. The van der Waals surface area contributed by atoms with Crippen LogP contribution in [-0.4, -0.2) is 36.4 Å². The highest BCUT2D eigenvalue weighted by Crippen LogP contribution is 2.30. The summed E-state index contributed by atoms with van der Waals surface area (Å²) in [6, 6.07) is 9.27. The quantitative estimate of drug-likeness (QED) is 0.882. The molecule has 0 aromatic heterocycles. The molecule has 0 fully saturated rings. The number of hydrogen-bond acceptors (Lipinski definition) is 4. The van der Waals surface area contributed by atoms with Gasteiger partial charge < -0.3 is 19.7 Å². The van der Waals surface area contributed by atoms with Crippen molar-refractivity contribution in [2.24, 2.45) is 0 Å². The molecule has 2 rings (SSSR count). The molecule has 0 amide bonds. The first-order valence-corrected chi connectivity index (χ1v) is 6.31. The average Bonchev–Trinajstić information content (AvgIpc) is 2.53. The Morgan fingerprint density at radius 1 is 0.773 bits per heavy atom. The third-order valence-electron chi connectivity index (χ3n) is 3.19. The molecule has 0 spiro atoms. The number of carboxylic acids is 2. The standard InChI is InChI=1S/C16H14O6/c1-21-13-5-3-9(7-11(13)15(17)18)10-4-6-14(22-2)12(8-10)16(19)20/h3-8H,1-2H3,(H,17,18)(H,19,20). The highest BCUT2D eigenvalue weighted by Gasteiger charge is 2.15. The number of carboxylic acid groups (broad SMARTS) is 2. The fourth-order valence-electron chi connectivity index (χ4n) is 2.11. The summed E-state index contributed by atoms with van der Waals surface area (Å²) < 4.78 is 10.0. The third kappa shape index (κ3) is 2.85. The normalized spacial score (nSPS) is 10.1. The maximum absolute atomic E-state index is 11.2. The van der Waals surface area contributed by atoms with E-state index in [9.17, 15) is 19.8 Å². The second-order valence-corrected chi connectivity index (χ2v) is 4.44. The number of aromatic carboxylic acids is 2. The molecular formula is C16H14O6. The van der Waals surface area contributed by atoms with Crippen LogP contribution in [0.25, 0.3) is 11.1 Å². The van der Waals surface area contributed by atoms with Gasteiger partial charge in [-0.2, -0.15) is 0 Å². The van der Waals surface area contributed by atoms with Crippen LogP contribution in [0.1, 0.15) is 20.7 Å². The van der Waals surface area contributed by atoms with E-state index >= 15 is 0 Å². The molecule has 114 valence electrons. The van der Waals surface area contributed by atoms with Crippen molar-refractivity contribution in [3.8, 4) is 22.6 Å². The van der Waals surface area contributed by atoms with E-state index in [4.69, 9.17) is 9.47 Å². The lowest BCUT2D eigenvalue weighted by Crippen LogP contribution is -2.02. The molecule has 22 heavy (non-hydrogen) atoms. The van der Waals surface area contributed by atoms with E-state index in [0.29, 0.717) is 11.1 Å². The summed E-state index contributed by atoms with van der Waals surface area (Å²) in [5, 5.41) is 18.4. The van der Waals surface area contributed by atoms with Gasteiger partial charge in [0.15, 0.2) is 0 Å². The molecule has 0 saturated heterocycles. The molecule has 6 nitrogen and oxygen atoms in total. The summed E-state index contributed by atoms with van der Waals surface area (Å²) in [6.45, 7) is 0. The summed E-state index contributed by atoms with van der Waals surface area (Å²) >= 11 is 0. The Kier molecular flexibility index (Phi) is 4.31. The van der Waals surface area contributed by atoms with E-state index in [2.05, 4.69) is 0 Å². The molecule has 0 atom stereocenters. The first kappa shape index (κ1) is 15.4. The van der Waals surface area contributed by atoms with Crippen molar-refractivity contribution >= 4 is 11.9 Å². The van der Waals surface area contributed by atoms with Crippen molar-refractivity contribution in [1.82, 2.24) is 0 Å². The molecule has 0 heterocycles. The van der Waals surface area contributed by atoms with Gasteiger partial charge in [0.05, 0.1) is 14.2 Å². The molecule has 0 radical (unpaired) electrons. The van der Waals surface area contributed by atoms with Crippen LogP contribution in [0.15, 0.2) is 36.4 Å². The van der Waals surface area contributed by atoms with E-state index in [1.54, 1.807) is 12.1 Å². The summed E-state index contributed by atoms with van der Waals surface area (Å²) in [6.07, 6.45) is 0. The van der Waals surface area contributed by atoms with Crippen LogP contribution in [0.4, 0.5) is 0 Å². The van der Waals surface area contributed by atoms with Gasteiger partial charge in [0, 0.05) is 0 Å². The van der Waals surface area contributed by atoms with Gasteiger partial charge >= 0.3 is 11.9 Å². The van der Waals surface area contributed by atoms with Gasteiger partial charge in [-0.3, -0.25) is 0 Å². The van der Waals surface area contributed by atoms with Gasteiger partial charge in [-0.05, 0) is 35.4 Å². The second kappa shape index (κ2) is 6.17. The van der Waals surface area contributed by atoms with Gasteiger partial charge in [0.2, 0.25) is 0 Å². The zero-order valence-corrected chi connectivity index (χ0v) is 12.0. The van der Waals surface area contributed by atoms with Crippen LogP contribution in [0.3, 0.4) is 0 Å². The lowest BCUT2D eigenvalue weighted by atomic mass is 10.00. The molecule has 0 aliphatic heterocycles. The molecule has 2 N–H and O–H groups in total. The minimum atomic E-state index is -1.12. The first-order valence-electron chi connectivity index (χ1n) is 6.31. The van der Waals surface area contributed by atoms with E-state index < -0.39 is 11.9 Å². The summed E-state index contributed by atoms with van der Waals surface area (Å²) in [5.74, 6) is -1.76. The number of ether oxygens (including phenoxy) is 2. The first-order chi connectivity index (χ1) is 10.5. The van der Waals surface area contributed by atoms with Gasteiger partial charge in [0.1, 0.15) is 22.6 Å². The van der Waals surface area contributed by atoms with Crippen molar-refractivity contribution < 1.29 is 29.3 Å². The molecule has 0 bridgehead atoms. The lowest BCUT2D eigenvalue weighted by Gasteiger charge is -2.10. The van der Waals surface area contributed by atoms with E-state index in [1.165, 1.54) is 38.5 Å². The predicted molar refractivity (Wildman–Crippen MR) is 78.9 cm³/mol. The molecule has 0 saturated carbocycles. The van der Waals surface area contributed by atoms with Gasteiger partial charge in [0.25, 0.3) is 0 Å². The van der Waals surface area contributed by atoms with E-state index in [1.807, 2.05) is 0 Å². The van der Waals surface area contributed by atoms with Crippen LogP contribution in [0.2, 0.25) is 0 Å². The maximum Gasteiger partial charge on any atom is 0.339 e. The van der Waals surface area contributed by atoms with Gasteiger partial charge in [-0.25, -0.2) is 9.59 Å². The van der Waals surface area contributed by atoms with E-state index in [-0.39, 0.29) is 22.6 Å². The largest absolute Gasteiger partial charge is 0.496 e. The topological polar surface area (TPSA) is 93.1 Å². The molecular weight excluding hydrogens is 288 g/mol. The Labute approximate surface area is 126 Å². The zero-order chi connectivity index (χ0) is 16.3. The van der Waals surface area contributed by atoms with Gasteiger partial charge in [-0.15, -0.1) is 0 Å². The highest BCUT2D eigenvalue weighted by atomic mass is 16.5. The Balaban J connectivity index is 2.57. The summed E-state index contributed by atoms with van der Waals surface area (Å²) in [7, 11) is 2.77. The SMILES string of the molecule is COc1ccc(-c2ccc(OC)c(C(=O)O)c2)cc1C(=O)O. The molecule has 2 aromatic carbocycles. The lowest BCUT2D eigenvalue weighted by molar-refractivity contribution is 0.0682. The highest BCUT2D eigenvalue weighted by molar-refractivity contribution is 5.95. The van der Waals surface area contributed by atoms with Crippen LogP contribution in [-0.2, 0) is 0 Å². The van der Waals surface area contributed by atoms with E-state index in [0.717, 1.165) is 0 Å². The number of benzene rings is 2. The summed E-state index contributed by atoms with van der Waals surface area (Å²) in [4.78, 5) is 22.5. The number of carbonyl (C=O) groups is 2. The minimum absolute atomic E-state index is 0.00712. The fourth-order valence-corrected chi connectivity index (χ4v) is 2.11. The fraction of sp³-hybridized carbons (Fsp3) is 0.125. The number of methoxy groups -OCH3 is 2. The Morgan fingerprint density at radius 3 is 1.41 bits per heavy atom. The molecule has 0 unspecified atom stereocenters. The second-order valence-electron chi connectivity index (χ2n) is 4.44. The predicted octanol–water partition coefficient (Wildman–Crippen LogP) is 2.77. The van der Waals surface area contributed by atoms with Crippen LogP contribution in [0.5, 0.6) is 11.5 Å². The molecule has 0 aliphatic rings. The third-order valence-corrected chi connectivity index (χ3v) is 3.19. The van der Waals surface area contributed by atoms with Crippen molar-refractivity contribution in [2.75, 3.05) is 14.2 Å². The molecule has 6 heteroatoms. The number of rotatable bonds is 5. The Hall–Kier alpha value is -3.02. The monoisotopic (exact) mass is 302 g/mol. The van der Waals surface area contributed by atoms with Crippen molar-refractivity contribution in [3.05, 3.63) is 47.5 Å². The summed E-state index contributed by atoms with van der Waals surface area (Å²) in [5.41, 5.74) is 1.16. The van der Waals surface area contributed by atoms with Crippen LogP contribution in [0, 0.1) is 0 Å².